The van der Waals surface area contributed by atoms with Crippen molar-refractivity contribution in [1.29, 1.82) is 0 Å². The van der Waals surface area contributed by atoms with Crippen molar-refractivity contribution in [3.8, 4) is 0 Å². The predicted octanol–water partition coefficient (Wildman–Crippen LogP) is -0.392. The van der Waals surface area contributed by atoms with Gasteiger partial charge in [-0.15, -0.1) is 0 Å². The third kappa shape index (κ3) is 0.993. The molecule has 2 N–H and O–H groups in total. The Morgan fingerprint density at radius 3 is 2.45 bits per heavy atom. The molecule has 3 aliphatic heterocycles. The second-order valence-electron chi connectivity index (χ2n) is 3.46. The summed E-state index contributed by atoms with van der Waals surface area (Å²) < 4.78 is 0. The van der Waals surface area contributed by atoms with Crippen molar-refractivity contribution in [1.82, 2.24) is 4.90 Å². The van der Waals surface area contributed by atoms with E-state index in [1.165, 1.54) is 0 Å². The first kappa shape index (κ1) is 7.25. The second kappa shape index (κ2) is 2.57. The molecule has 0 amide bonds. The lowest BCUT2D eigenvalue weighted by atomic mass is 9.82. The van der Waals surface area contributed by atoms with Gasteiger partial charge in [-0.1, -0.05) is 0 Å². The number of nitrogens with two attached hydrogens (primary N) is 1. The summed E-state index contributed by atoms with van der Waals surface area (Å²) in [5.41, 5.74) is 5.52. The first-order valence-corrected chi connectivity index (χ1v) is 4.31. The summed E-state index contributed by atoms with van der Waals surface area (Å²) in [7, 11) is 0. The van der Waals surface area contributed by atoms with Crippen LogP contribution in [0, 0.1) is 5.92 Å². The van der Waals surface area contributed by atoms with Crippen LogP contribution in [0.5, 0.6) is 0 Å². The van der Waals surface area contributed by atoms with Crippen LogP contribution < -0.4 is 5.73 Å². The lowest BCUT2D eigenvalue weighted by Gasteiger charge is -2.43. The number of fused-ring (bicyclic) bond motifs is 3. The molecule has 0 aromatic heterocycles. The van der Waals surface area contributed by atoms with Crippen LogP contribution in [0.2, 0.25) is 0 Å². The molecule has 3 aliphatic rings. The Balaban J connectivity index is 2.16. The normalized spacial score (nSPS) is 43.0. The lowest BCUT2D eigenvalue weighted by molar-refractivity contribution is -0.136. The van der Waals surface area contributed by atoms with Gasteiger partial charge >= 0.3 is 0 Å². The van der Waals surface area contributed by atoms with Crippen molar-refractivity contribution in [2.45, 2.75) is 18.9 Å². The van der Waals surface area contributed by atoms with E-state index < -0.39 is 0 Å². The summed E-state index contributed by atoms with van der Waals surface area (Å²) in [6.07, 6.45) is 2.13. The molecule has 0 aromatic rings. The van der Waals surface area contributed by atoms with Crippen LogP contribution >= 0.6 is 0 Å². The van der Waals surface area contributed by atoms with Gasteiger partial charge in [0.2, 0.25) is 0 Å². The van der Waals surface area contributed by atoms with Gasteiger partial charge < -0.3 is 5.73 Å². The molecule has 3 heterocycles. The number of ketones is 1. The average Bonchev–Trinajstić information content (AvgIpc) is 2.06. The summed E-state index contributed by atoms with van der Waals surface area (Å²) in [5.74, 6) is 0.735. The van der Waals surface area contributed by atoms with Gasteiger partial charge in [0.05, 0.1) is 6.04 Å². The molecule has 62 valence electrons. The maximum Gasteiger partial charge on any atom is 0.154 e. The fraction of sp³-hybridized carbons (Fsp3) is 0.875. The molecule has 3 saturated heterocycles. The van der Waals surface area contributed by atoms with Crippen molar-refractivity contribution in [3.05, 3.63) is 0 Å². The van der Waals surface area contributed by atoms with Gasteiger partial charge in [-0.2, -0.15) is 0 Å². The zero-order chi connectivity index (χ0) is 7.84. The minimum Gasteiger partial charge on any atom is -0.328 e. The van der Waals surface area contributed by atoms with Gasteiger partial charge in [-0.05, 0) is 25.9 Å². The minimum absolute atomic E-state index is 0.0579. The minimum atomic E-state index is 0.0579. The number of Topliss-reactive ketones (excluding diaryl/α,β-unsaturated/α-hetero) is 1. The fourth-order valence-corrected chi connectivity index (χ4v) is 2.21. The van der Waals surface area contributed by atoms with Gasteiger partial charge in [0, 0.05) is 12.5 Å². The average molecular weight is 154 g/mol. The summed E-state index contributed by atoms with van der Waals surface area (Å²) in [6, 6.07) is 0.0579. The van der Waals surface area contributed by atoms with Crippen molar-refractivity contribution >= 4 is 5.78 Å². The number of nitrogens with zero attached hydrogens (tertiary/aromatic N) is 1. The number of carbonyl (C=O) groups excluding carboxylic acids is 1. The number of carbonyl (C=O) groups is 1. The topological polar surface area (TPSA) is 46.3 Å². The quantitative estimate of drug-likeness (QED) is 0.559. The van der Waals surface area contributed by atoms with Crippen LogP contribution in [-0.2, 0) is 4.79 Å². The Morgan fingerprint density at radius 2 is 2.09 bits per heavy atom. The highest BCUT2D eigenvalue weighted by Gasteiger charge is 2.39. The standard InChI is InChI=1S/C8H14N2O/c9-5-7-8(11)6-1-3-10(7)4-2-6/h6-7H,1-5,9H2/t7-/m1/s1. The maximum absolute atomic E-state index is 11.5. The molecule has 0 aliphatic carbocycles. The van der Waals surface area contributed by atoms with Crippen LogP contribution in [0.25, 0.3) is 0 Å². The smallest absolute Gasteiger partial charge is 0.154 e. The molecule has 3 heteroatoms. The monoisotopic (exact) mass is 154 g/mol. The molecule has 0 unspecified atom stereocenters. The highest BCUT2D eigenvalue weighted by Crippen LogP contribution is 2.28. The molecule has 3 nitrogen and oxygen atoms in total. The third-order valence-electron chi connectivity index (χ3n) is 2.92. The zero-order valence-electron chi connectivity index (χ0n) is 6.62. The first-order chi connectivity index (χ1) is 5.33. The summed E-state index contributed by atoms with van der Waals surface area (Å²) in [5, 5.41) is 0. The van der Waals surface area contributed by atoms with E-state index in [1.54, 1.807) is 0 Å². The number of hydrogen-bond acceptors (Lipinski definition) is 3. The van der Waals surface area contributed by atoms with Crippen molar-refractivity contribution in [2.24, 2.45) is 11.7 Å². The molecular weight excluding hydrogens is 140 g/mol. The zero-order valence-corrected chi connectivity index (χ0v) is 6.62. The van der Waals surface area contributed by atoms with Crippen LogP contribution in [0.3, 0.4) is 0 Å². The molecular formula is C8H14N2O. The van der Waals surface area contributed by atoms with Gasteiger partial charge in [-0.25, -0.2) is 0 Å². The van der Waals surface area contributed by atoms with Crippen LogP contribution in [0.15, 0.2) is 0 Å². The first-order valence-electron chi connectivity index (χ1n) is 4.31. The summed E-state index contributed by atoms with van der Waals surface area (Å²) in [4.78, 5) is 13.7. The Labute approximate surface area is 66.5 Å². The Hall–Kier alpha value is -0.410. The summed E-state index contributed by atoms with van der Waals surface area (Å²) >= 11 is 0. The molecule has 1 atom stereocenters. The van der Waals surface area contributed by atoms with E-state index in [9.17, 15) is 4.79 Å². The van der Waals surface area contributed by atoms with Gasteiger partial charge in [0.1, 0.15) is 0 Å². The van der Waals surface area contributed by atoms with Crippen molar-refractivity contribution < 1.29 is 4.79 Å². The van der Waals surface area contributed by atoms with Gasteiger partial charge in [-0.3, -0.25) is 9.69 Å². The SMILES string of the molecule is NC[C@@H]1C(=O)C2CCN1CC2. The van der Waals surface area contributed by atoms with Crippen LogP contribution in [0.4, 0.5) is 0 Å². The molecule has 11 heavy (non-hydrogen) atoms. The molecule has 0 aromatic carbocycles. The predicted molar refractivity (Wildman–Crippen MR) is 42.1 cm³/mol. The lowest BCUT2D eigenvalue weighted by Crippen LogP contribution is -2.58. The highest BCUT2D eigenvalue weighted by atomic mass is 16.1. The van der Waals surface area contributed by atoms with Crippen LogP contribution in [0.1, 0.15) is 12.8 Å². The summed E-state index contributed by atoms with van der Waals surface area (Å²) in [6.45, 7) is 2.67. The molecule has 3 rings (SSSR count). The second-order valence-corrected chi connectivity index (χ2v) is 3.46. The molecule has 0 saturated carbocycles. The fourth-order valence-electron chi connectivity index (χ4n) is 2.21. The Bertz CT molecular complexity index is 173. The van der Waals surface area contributed by atoms with Gasteiger partial charge in [0.15, 0.2) is 5.78 Å². The largest absolute Gasteiger partial charge is 0.328 e. The maximum atomic E-state index is 11.5. The molecule has 0 spiro atoms. The number of hydrogen-bond donors (Lipinski definition) is 1. The Morgan fingerprint density at radius 1 is 1.45 bits per heavy atom. The Kier molecular flexibility index (Phi) is 1.69. The van der Waals surface area contributed by atoms with Crippen LogP contribution in [-0.4, -0.2) is 36.4 Å². The molecule has 2 bridgehead atoms. The molecule has 0 radical (unpaired) electrons. The molecule has 3 fully saturated rings. The van der Waals surface area contributed by atoms with E-state index in [4.69, 9.17) is 5.73 Å². The van der Waals surface area contributed by atoms with E-state index in [2.05, 4.69) is 4.90 Å². The van der Waals surface area contributed by atoms with E-state index >= 15 is 0 Å². The highest BCUT2D eigenvalue weighted by molar-refractivity contribution is 5.88. The van der Waals surface area contributed by atoms with Gasteiger partial charge in [0.25, 0.3) is 0 Å². The third-order valence-corrected chi connectivity index (χ3v) is 2.92. The van der Waals surface area contributed by atoms with E-state index in [1.807, 2.05) is 0 Å². The van der Waals surface area contributed by atoms with E-state index in [0.717, 1.165) is 25.9 Å². The number of piperidine rings is 3. The van der Waals surface area contributed by atoms with Crippen molar-refractivity contribution in [2.75, 3.05) is 19.6 Å². The van der Waals surface area contributed by atoms with Crippen molar-refractivity contribution in [3.63, 3.8) is 0 Å². The van der Waals surface area contributed by atoms with E-state index in [0.29, 0.717) is 18.2 Å². The number of rotatable bonds is 1. The van der Waals surface area contributed by atoms with E-state index in [-0.39, 0.29) is 6.04 Å².